The van der Waals surface area contributed by atoms with Crippen molar-refractivity contribution in [1.29, 1.82) is 0 Å². The molecule has 2 heterocycles. The van der Waals surface area contributed by atoms with E-state index in [1.54, 1.807) is 18.2 Å². The molecule has 2 aromatic rings. The maximum atomic E-state index is 13.9. The number of hydrogen-bond acceptors (Lipinski definition) is 3. The summed E-state index contributed by atoms with van der Waals surface area (Å²) in [5.41, 5.74) is 1.43. The smallest absolute Gasteiger partial charge is 0.320 e. The molecule has 6 heteroatoms. The number of benzene rings is 1. The minimum Gasteiger partial charge on any atom is -0.367 e. The van der Waals surface area contributed by atoms with Crippen molar-refractivity contribution in [3.05, 3.63) is 54.0 Å². The molecule has 0 aliphatic carbocycles. The number of halogens is 1. The van der Waals surface area contributed by atoms with Crippen LogP contribution in [0.3, 0.4) is 0 Å². The lowest BCUT2D eigenvalue weighted by molar-refractivity contribution is 0.246. The van der Waals surface area contributed by atoms with E-state index < -0.39 is 0 Å². The molecule has 126 valence electrons. The largest absolute Gasteiger partial charge is 0.367 e. The van der Waals surface area contributed by atoms with Crippen LogP contribution in [0.5, 0.6) is 0 Å². The fourth-order valence-corrected chi connectivity index (χ4v) is 2.97. The van der Waals surface area contributed by atoms with Crippen LogP contribution in [0.2, 0.25) is 0 Å². The Labute approximate surface area is 140 Å². The van der Waals surface area contributed by atoms with Crippen LogP contribution in [0.15, 0.2) is 42.5 Å². The zero-order valence-electron chi connectivity index (χ0n) is 13.6. The first-order valence-corrected chi connectivity index (χ1v) is 8.12. The lowest BCUT2D eigenvalue weighted by atomic mass is 10.0. The first-order chi connectivity index (χ1) is 11.6. The van der Waals surface area contributed by atoms with E-state index in [4.69, 9.17) is 0 Å². The Morgan fingerprint density at radius 2 is 2.08 bits per heavy atom. The molecule has 0 radical (unpaired) electrons. The Morgan fingerprint density at radius 1 is 1.25 bits per heavy atom. The number of anilines is 2. The number of para-hydroxylation sites is 1. The van der Waals surface area contributed by atoms with Gasteiger partial charge in [0.25, 0.3) is 0 Å². The van der Waals surface area contributed by atoms with Crippen molar-refractivity contribution in [1.82, 2.24) is 10.3 Å². The van der Waals surface area contributed by atoms with Gasteiger partial charge in [-0.15, -0.1) is 0 Å². The van der Waals surface area contributed by atoms with Crippen molar-refractivity contribution < 1.29 is 9.18 Å². The predicted molar refractivity (Wildman–Crippen MR) is 92.8 cm³/mol. The molecular formula is C18H21FN4O. The van der Waals surface area contributed by atoms with Crippen LogP contribution in [-0.4, -0.2) is 30.1 Å². The number of nitrogens with zero attached hydrogens (tertiary/aromatic N) is 2. The Balaban J connectivity index is 1.59. The SMILES string of the molecule is Cc1cccc(NC(=O)NC2CCCN(c3ccccc3F)C2)n1. The highest BCUT2D eigenvalue weighted by Gasteiger charge is 2.23. The molecule has 1 unspecified atom stereocenters. The van der Waals surface area contributed by atoms with Gasteiger partial charge < -0.3 is 10.2 Å². The summed E-state index contributed by atoms with van der Waals surface area (Å²) in [7, 11) is 0. The first kappa shape index (κ1) is 16.2. The van der Waals surface area contributed by atoms with Gasteiger partial charge in [0.2, 0.25) is 0 Å². The van der Waals surface area contributed by atoms with Crippen LogP contribution in [0.4, 0.5) is 20.7 Å². The normalized spacial score (nSPS) is 17.4. The number of carbonyl (C=O) groups is 1. The lowest BCUT2D eigenvalue weighted by Crippen LogP contribution is -2.49. The van der Waals surface area contributed by atoms with Crippen LogP contribution in [0.1, 0.15) is 18.5 Å². The maximum absolute atomic E-state index is 13.9. The predicted octanol–water partition coefficient (Wildman–Crippen LogP) is 3.32. The van der Waals surface area contributed by atoms with E-state index in [1.165, 1.54) is 6.07 Å². The van der Waals surface area contributed by atoms with E-state index in [-0.39, 0.29) is 17.9 Å². The van der Waals surface area contributed by atoms with Crippen LogP contribution in [0, 0.1) is 12.7 Å². The van der Waals surface area contributed by atoms with Crippen LogP contribution < -0.4 is 15.5 Å². The number of aromatic nitrogens is 1. The summed E-state index contributed by atoms with van der Waals surface area (Å²) in [4.78, 5) is 18.4. The van der Waals surface area contributed by atoms with Crippen molar-refractivity contribution in [2.75, 3.05) is 23.3 Å². The number of aryl methyl sites for hydroxylation is 1. The van der Waals surface area contributed by atoms with Gasteiger partial charge in [0.15, 0.2) is 0 Å². The third-order valence-corrected chi connectivity index (χ3v) is 4.08. The third-order valence-electron chi connectivity index (χ3n) is 4.08. The highest BCUT2D eigenvalue weighted by Crippen LogP contribution is 2.22. The molecule has 3 rings (SSSR count). The van der Waals surface area contributed by atoms with E-state index in [2.05, 4.69) is 15.6 Å². The molecule has 2 amide bonds. The average molecular weight is 328 g/mol. The Kier molecular flexibility index (Phi) is 4.93. The monoisotopic (exact) mass is 328 g/mol. The molecule has 1 aromatic heterocycles. The van der Waals surface area contributed by atoms with Gasteiger partial charge in [0.1, 0.15) is 11.6 Å². The van der Waals surface area contributed by atoms with Gasteiger partial charge in [0, 0.05) is 24.8 Å². The summed E-state index contributed by atoms with van der Waals surface area (Å²) in [5, 5.41) is 5.69. The molecule has 0 spiro atoms. The van der Waals surface area contributed by atoms with Gasteiger partial charge in [-0.2, -0.15) is 0 Å². The fourth-order valence-electron chi connectivity index (χ4n) is 2.97. The summed E-state index contributed by atoms with van der Waals surface area (Å²) in [6.07, 6.45) is 1.78. The molecule has 1 atom stereocenters. The second kappa shape index (κ2) is 7.29. The topological polar surface area (TPSA) is 57.3 Å². The molecule has 1 aliphatic heterocycles. The molecule has 1 aliphatic rings. The number of pyridine rings is 1. The Morgan fingerprint density at radius 3 is 2.88 bits per heavy atom. The highest BCUT2D eigenvalue weighted by molar-refractivity contribution is 5.88. The number of urea groups is 1. The zero-order valence-corrected chi connectivity index (χ0v) is 13.6. The molecule has 0 saturated carbocycles. The number of hydrogen-bond donors (Lipinski definition) is 2. The molecule has 1 fully saturated rings. The number of rotatable bonds is 3. The summed E-state index contributed by atoms with van der Waals surface area (Å²) >= 11 is 0. The van der Waals surface area contributed by atoms with Crippen LogP contribution in [0.25, 0.3) is 0 Å². The van der Waals surface area contributed by atoms with Crippen molar-refractivity contribution >= 4 is 17.5 Å². The molecule has 1 saturated heterocycles. The molecule has 24 heavy (non-hydrogen) atoms. The first-order valence-electron chi connectivity index (χ1n) is 8.12. The number of piperidine rings is 1. The zero-order chi connectivity index (χ0) is 16.9. The minimum atomic E-state index is -0.284. The second-order valence-corrected chi connectivity index (χ2v) is 6.00. The van der Waals surface area contributed by atoms with Gasteiger partial charge in [-0.1, -0.05) is 18.2 Å². The molecule has 5 nitrogen and oxygen atoms in total. The Hall–Kier alpha value is -2.63. The standard InChI is InChI=1S/C18H21FN4O/c1-13-6-4-10-17(20-13)22-18(24)21-14-7-5-11-23(12-14)16-9-3-2-8-15(16)19/h2-4,6,8-10,14H,5,7,11-12H2,1H3,(H2,20,21,22,24). The summed E-state index contributed by atoms with van der Waals surface area (Å²) in [5.74, 6) is 0.292. The van der Waals surface area contributed by atoms with Crippen molar-refractivity contribution in [2.24, 2.45) is 0 Å². The van der Waals surface area contributed by atoms with Crippen molar-refractivity contribution in [3.63, 3.8) is 0 Å². The van der Waals surface area contributed by atoms with Crippen LogP contribution in [-0.2, 0) is 0 Å². The maximum Gasteiger partial charge on any atom is 0.320 e. The minimum absolute atomic E-state index is 0.0248. The average Bonchev–Trinajstić information content (AvgIpc) is 2.55. The number of carbonyl (C=O) groups excluding carboxylic acids is 1. The Bertz CT molecular complexity index is 722. The highest BCUT2D eigenvalue weighted by atomic mass is 19.1. The molecule has 1 aromatic carbocycles. The summed E-state index contributed by atoms with van der Waals surface area (Å²) in [6, 6.07) is 11.9. The fraction of sp³-hybridized carbons (Fsp3) is 0.333. The van der Waals surface area contributed by atoms with Gasteiger partial charge >= 0.3 is 6.03 Å². The quantitative estimate of drug-likeness (QED) is 0.909. The van der Waals surface area contributed by atoms with E-state index in [0.29, 0.717) is 18.1 Å². The molecule has 0 bridgehead atoms. The summed E-state index contributed by atoms with van der Waals surface area (Å²) in [6.45, 7) is 3.26. The van der Waals surface area contributed by atoms with E-state index >= 15 is 0 Å². The van der Waals surface area contributed by atoms with E-state index in [1.807, 2.05) is 30.0 Å². The number of amides is 2. The molecular weight excluding hydrogens is 307 g/mol. The van der Waals surface area contributed by atoms with Gasteiger partial charge in [-0.05, 0) is 44.0 Å². The van der Waals surface area contributed by atoms with Gasteiger partial charge in [-0.25, -0.2) is 14.2 Å². The second-order valence-electron chi connectivity index (χ2n) is 6.00. The lowest BCUT2D eigenvalue weighted by Gasteiger charge is -2.34. The van der Waals surface area contributed by atoms with Crippen molar-refractivity contribution in [2.45, 2.75) is 25.8 Å². The third kappa shape index (κ3) is 4.01. The van der Waals surface area contributed by atoms with E-state index in [0.717, 1.165) is 25.1 Å². The van der Waals surface area contributed by atoms with Crippen molar-refractivity contribution in [3.8, 4) is 0 Å². The van der Waals surface area contributed by atoms with Gasteiger partial charge in [-0.3, -0.25) is 5.32 Å². The summed E-state index contributed by atoms with van der Waals surface area (Å²) < 4.78 is 13.9. The van der Waals surface area contributed by atoms with Gasteiger partial charge in [0.05, 0.1) is 5.69 Å². The molecule has 2 N–H and O–H groups in total. The van der Waals surface area contributed by atoms with E-state index in [9.17, 15) is 9.18 Å². The van der Waals surface area contributed by atoms with Crippen LogP contribution >= 0.6 is 0 Å². The number of nitrogens with one attached hydrogen (secondary N) is 2.